The highest BCUT2D eigenvalue weighted by atomic mass is 16.5. The van der Waals surface area contributed by atoms with E-state index in [-0.39, 0.29) is 5.60 Å². The summed E-state index contributed by atoms with van der Waals surface area (Å²) in [6.07, 6.45) is 4.58. The van der Waals surface area contributed by atoms with Crippen molar-refractivity contribution in [3.8, 4) is 5.75 Å². The first-order valence-corrected chi connectivity index (χ1v) is 7.02. The average Bonchev–Trinajstić information content (AvgIpc) is 2.39. The highest BCUT2D eigenvalue weighted by molar-refractivity contribution is 5.56. The molecule has 0 unspecified atom stereocenters. The Labute approximate surface area is 109 Å². The molecule has 1 aromatic rings. The Balaban J connectivity index is 1.76. The highest BCUT2D eigenvalue weighted by Gasteiger charge is 2.28. The first-order valence-electron chi connectivity index (χ1n) is 7.02. The first-order chi connectivity index (χ1) is 8.75. The SMILES string of the molecule is CC1(Oc2ccc3c(c2)NCCC3)CCNCC1. The van der Waals surface area contributed by atoms with Gasteiger partial charge in [-0.15, -0.1) is 0 Å². The maximum absolute atomic E-state index is 6.23. The molecule has 0 spiro atoms. The molecule has 0 aliphatic carbocycles. The van der Waals surface area contributed by atoms with E-state index in [1.165, 1.54) is 24.1 Å². The van der Waals surface area contributed by atoms with Crippen LogP contribution in [0, 0.1) is 0 Å². The number of nitrogens with one attached hydrogen (secondary N) is 2. The molecule has 2 aliphatic heterocycles. The second kappa shape index (κ2) is 4.81. The van der Waals surface area contributed by atoms with Crippen LogP contribution in [0.2, 0.25) is 0 Å². The summed E-state index contributed by atoms with van der Waals surface area (Å²) in [5.41, 5.74) is 2.68. The van der Waals surface area contributed by atoms with Gasteiger partial charge in [0.25, 0.3) is 0 Å². The monoisotopic (exact) mass is 246 g/mol. The molecule has 0 bridgehead atoms. The van der Waals surface area contributed by atoms with Crippen LogP contribution in [0.1, 0.15) is 31.7 Å². The van der Waals surface area contributed by atoms with Crippen molar-refractivity contribution in [2.24, 2.45) is 0 Å². The van der Waals surface area contributed by atoms with Gasteiger partial charge in [-0.3, -0.25) is 0 Å². The maximum Gasteiger partial charge on any atom is 0.122 e. The molecule has 18 heavy (non-hydrogen) atoms. The number of hydrogen-bond donors (Lipinski definition) is 2. The largest absolute Gasteiger partial charge is 0.487 e. The minimum absolute atomic E-state index is 0.00580. The fourth-order valence-electron chi connectivity index (χ4n) is 2.85. The Kier molecular flexibility index (Phi) is 3.16. The van der Waals surface area contributed by atoms with Gasteiger partial charge < -0.3 is 15.4 Å². The Morgan fingerprint density at radius 3 is 2.83 bits per heavy atom. The van der Waals surface area contributed by atoms with Gasteiger partial charge in [0.1, 0.15) is 11.4 Å². The van der Waals surface area contributed by atoms with Crippen LogP contribution in [0.25, 0.3) is 0 Å². The van der Waals surface area contributed by atoms with Gasteiger partial charge >= 0.3 is 0 Å². The van der Waals surface area contributed by atoms with Crippen molar-refractivity contribution in [2.75, 3.05) is 25.0 Å². The molecule has 3 nitrogen and oxygen atoms in total. The molecule has 2 heterocycles. The normalized spacial score (nSPS) is 21.8. The molecule has 1 fully saturated rings. The summed E-state index contributed by atoms with van der Waals surface area (Å²) < 4.78 is 6.23. The predicted molar refractivity (Wildman–Crippen MR) is 74.4 cm³/mol. The van der Waals surface area contributed by atoms with Crippen LogP contribution >= 0.6 is 0 Å². The third kappa shape index (κ3) is 2.46. The molecule has 0 atom stereocenters. The lowest BCUT2D eigenvalue weighted by atomic mass is 9.94. The number of benzene rings is 1. The molecule has 0 amide bonds. The van der Waals surface area contributed by atoms with E-state index in [2.05, 4.69) is 35.8 Å². The molecule has 98 valence electrons. The summed E-state index contributed by atoms with van der Waals surface area (Å²) in [7, 11) is 0. The molecule has 1 aromatic carbocycles. The van der Waals surface area contributed by atoms with Crippen molar-refractivity contribution >= 4 is 5.69 Å². The van der Waals surface area contributed by atoms with Gasteiger partial charge in [-0.25, -0.2) is 0 Å². The van der Waals surface area contributed by atoms with Crippen molar-refractivity contribution < 1.29 is 4.74 Å². The van der Waals surface area contributed by atoms with Crippen molar-refractivity contribution in [3.05, 3.63) is 23.8 Å². The lowest BCUT2D eigenvalue weighted by Crippen LogP contribution is -2.43. The first kappa shape index (κ1) is 11.8. The Morgan fingerprint density at radius 1 is 1.17 bits per heavy atom. The summed E-state index contributed by atoms with van der Waals surface area (Å²) in [6.45, 7) is 5.41. The van der Waals surface area contributed by atoms with E-state index in [9.17, 15) is 0 Å². The molecular weight excluding hydrogens is 224 g/mol. The Bertz CT molecular complexity index is 425. The molecule has 0 saturated carbocycles. The standard InChI is InChI=1S/C15H22N2O/c1-15(6-9-16-10-7-15)18-13-5-4-12-3-2-8-17-14(12)11-13/h4-5,11,16-17H,2-3,6-10H2,1H3. The van der Waals surface area contributed by atoms with E-state index in [4.69, 9.17) is 4.74 Å². The van der Waals surface area contributed by atoms with Crippen molar-refractivity contribution in [1.29, 1.82) is 0 Å². The number of hydrogen-bond acceptors (Lipinski definition) is 3. The summed E-state index contributed by atoms with van der Waals surface area (Å²) in [5, 5.41) is 6.84. The fourth-order valence-corrected chi connectivity index (χ4v) is 2.85. The zero-order chi connectivity index (χ0) is 12.4. The highest BCUT2D eigenvalue weighted by Crippen LogP contribution is 2.31. The summed E-state index contributed by atoms with van der Waals surface area (Å²) in [6, 6.07) is 6.50. The van der Waals surface area contributed by atoms with Gasteiger partial charge in [-0.2, -0.15) is 0 Å². The molecule has 3 heteroatoms. The smallest absolute Gasteiger partial charge is 0.122 e. The molecule has 2 aliphatic rings. The number of aryl methyl sites for hydroxylation is 1. The minimum atomic E-state index is -0.00580. The quantitative estimate of drug-likeness (QED) is 0.841. The van der Waals surface area contributed by atoms with E-state index in [1.807, 2.05) is 0 Å². The second-order valence-corrected chi connectivity index (χ2v) is 5.65. The molecule has 0 radical (unpaired) electrons. The molecule has 2 N–H and O–H groups in total. The van der Waals surface area contributed by atoms with Crippen LogP contribution in [0.5, 0.6) is 5.75 Å². The lowest BCUT2D eigenvalue weighted by Gasteiger charge is -2.35. The van der Waals surface area contributed by atoms with Crippen LogP contribution in [0.15, 0.2) is 18.2 Å². The number of piperidine rings is 1. The van der Waals surface area contributed by atoms with Gasteiger partial charge in [0.2, 0.25) is 0 Å². The molecule has 3 rings (SSSR count). The summed E-state index contributed by atoms with van der Waals surface area (Å²) in [5.74, 6) is 1.01. The van der Waals surface area contributed by atoms with Crippen LogP contribution < -0.4 is 15.4 Å². The van der Waals surface area contributed by atoms with E-state index in [1.54, 1.807) is 0 Å². The second-order valence-electron chi connectivity index (χ2n) is 5.65. The van der Waals surface area contributed by atoms with E-state index in [0.29, 0.717) is 0 Å². The van der Waals surface area contributed by atoms with Gasteiger partial charge in [-0.1, -0.05) is 6.07 Å². The average molecular weight is 246 g/mol. The topological polar surface area (TPSA) is 33.3 Å². The maximum atomic E-state index is 6.23. The zero-order valence-corrected chi connectivity index (χ0v) is 11.1. The van der Waals surface area contributed by atoms with E-state index in [0.717, 1.165) is 38.2 Å². The minimum Gasteiger partial charge on any atom is -0.487 e. The van der Waals surface area contributed by atoms with Crippen LogP contribution in [-0.4, -0.2) is 25.2 Å². The molecular formula is C15H22N2O. The third-order valence-corrected chi connectivity index (χ3v) is 4.05. The number of rotatable bonds is 2. The Hall–Kier alpha value is -1.22. The summed E-state index contributed by atoms with van der Waals surface area (Å²) >= 11 is 0. The van der Waals surface area contributed by atoms with Crippen molar-refractivity contribution in [3.63, 3.8) is 0 Å². The van der Waals surface area contributed by atoms with Gasteiger partial charge in [0, 0.05) is 18.3 Å². The van der Waals surface area contributed by atoms with Crippen LogP contribution in [0.3, 0.4) is 0 Å². The lowest BCUT2D eigenvalue weighted by molar-refractivity contribution is 0.0556. The van der Waals surface area contributed by atoms with Gasteiger partial charge in [0.15, 0.2) is 0 Å². The van der Waals surface area contributed by atoms with E-state index >= 15 is 0 Å². The number of ether oxygens (including phenoxy) is 1. The van der Waals surface area contributed by atoms with E-state index < -0.39 is 0 Å². The van der Waals surface area contributed by atoms with Crippen molar-refractivity contribution in [1.82, 2.24) is 5.32 Å². The number of fused-ring (bicyclic) bond motifs is 1. The van der Waals surface area contributed by atoms with Crippen molar-refractivity contribution in [2.45, 2.75) is 38.2 Å². The molecule has 1 saturated heterocycles. The third-order valence-electron chi connectivity index (χ3n) is 4.05. The fraction of sp³-hybridized carbons (Fsp3) is 0.600. The Morgan fingerprint density at radius 2 is 2.00 bits per heavy atom. The molecule has 0 aromatic heterocycles. The van der Waals surface area contributed by atoms with Crippen LogP contribution in [0.4, 0.5) is 5.69 Å². The van der Waals surface area contributed by atoms with Gasteiger partial charge in [0.05, 0.1) is 0 Å². The number of anilines is 1. The van der Waals surface area contributed by atoms with Crippen LogP contribution in [-0.2, 0) is 6.42 Å². The zero-order valence-electron chi connectivity index (χ0n) is 11.1. The summed E-state index contributed by atoms with van der Waals surface area (Å²) in [4.78, 5) is 0. The van der Waals surface area contributed by atoms with Gasteiger partial charge in [-0.05, 0) is 57.3 Å². The predicted octanol–water partition coefficient (Wildman–Crippen LogP) is 2.57.